The van der Waals surface area contributed by atoms with Gasteiger partial charge in [-0.1, -0.05) is 6.92 Å². The summed E-state index contributed by atoms with van der Waals surface area (Å²) in [5.74, 6) is -0.289. The van der Waals surface area contributed by atoms with Crippen molar-refractivity contribution in [3.05, 3.63) is 23.5 Å². The standard InChI is InChI=1S/C9H10F3NO/c1-3-7(14)6-4-5-8(13(6)2)9(10,11)12/h4-5H,3H2,1-2H3. The lowest BCUT2D eigenvalue weighted by Crippen LogP contribution is -2.14. The second-order valence-electron chi connectivity index (χ2n) is 2.94. The summed E-state index contributed by atoms with van der Waals surface area (Å²) in [7, 11) is 1.24. The smallest absolute Gasteiger partial charge is 0.338 e. The van der Waals surface area contributed by atoms with Crippen LogP contribution < -0.4 is 0 Å². The highest BCUT2D eigenvalue weighted by atomic mass is 19.4. The lowest BCUT2D eigenvalue weighted by molar-refractivity contribution is -0.143. The highest BCUT2D eigenvalue weighted by Gasteiger charge is 2.34. The maximum atomic E-state index is 12.3. The SMILES string of the molecule is CCC(=O)c1ccc(C(F)(F)F)n1C. The van der Waals surface area contributed by atoms with Gasteiger partial charge >= 0.3 is 6.18 Å². The fourth-order valence-corrected chi connectivity index (χ4v) is 1.26. The molecule has 1 rings (SSSR count). The Morgan fingerprint density at radius 3 is 2.36 bits per heavy atom. The van der Waals surface area contributed by atoms with Crippen molar-refractivity contribution in [1.82, 2.24) is 4.57 Å². The largest absolute Gasteiger partial charge is 0.431 e. The minimum Gasteiger partial charge on any atom is -0.338 e. The van der Waals surface area contributed by atoms with Crippen molar-refractivity contribution in [3.8, 4) is 0 Å². The summed E-state index contributed by atoms with van der Waals surface area (Å²) >= 11 is 0. The number of Topliss-reactive ketones (excluding diaryl/α,β-unsaturated/α-hetero) is 1. The number of alkyl halides is 3. The van der Waals surface area contributed by atoms with Crippen molar-refractivity contribution in [2.75, 3.05) is 0 Å². The third kappa shape index (κ3) is 1.81. The van der Waals surface area contributed by atoms with Gasteiger partial charge in [-0.15, -0.1) is 0 Å². The molecule has 0 saturated carbocycles. The van der Waals surface area contributed by atoms with Crippen LogP contribution in [0.3, 0.4) is 0 Å². The maximum absolute atomic E-state index is 12.3. The fraction of sp³-hybridized carbons (Fsp3) is 0.444. The Hall–Kier alpha value is -1.26. The lowest BCUT2D eigenvalue weighted by atomic mass is 10.2. The number of hydrogen-bond donors (Lipinski definition) is 0. The van der Waals surface area contributed by atoms with E-state index in [0.717, 1.165) is 10.6 Å². The van der Waals surface area contributed by atoms with Gasteiger partial charge in [-0.3, -0.25) is 4.79 Å². The van der Waals surface area contributed by atoms with Gasteiger partial charge in [-0.25, -0.2) is 0 Å². The van der Waals surface area contributed by atoms with E-state index >= 15 is 0 Å². The summed E-state index contributed by atoms with van der Waals surface area (Å²) < 4.78 is 37.8. The molecular weight excluding hydrogens is 195 g/mol. The molecule has 0 radical (unpaired) electrons. The van der Waals surface area contributed by atoms with Gasteiger partial charge in [0.1, 0.15) is 5.69 Å². The Kier molecular flexibility index (Phi) is 2.69. The summed E-state index contributed by atoms with van der Waals surface area (Å²) in [4.78, 5) is 11.2. The zero-order valence-corrected chi connectivity index (χ0v) is 7.85. The van der Waals surface area contributed by atoms with Crippen LogP contribution in [0.4, 0.5) is 13.2 Å². The van der Waals surface area contributed by atoms with Crippen LogP contribution in [-0.2, 0) is 13.2 Å². The van der Waals surface area contributed by atoms with Crippen LogP contribution in [0.25, 0.3) is 0 Å². The van der Waals surface area contributed by atoms with Crippen LogP contribution in [0, 0.1) is 0 Å². The molecule has 0 amide bonds. The molecule has 14 heavy (non-hydrogen) atoms. The summed E-state index contributed by atoms with van der Waals surface area (Å²) in [6.45, 7) is 1.61. The Morgan fingerprint density at radius 2 is 2.00 bits per heavy atom. The minimum absolute atomic E-state index is 0.0971. The molecule has 78 valence electrons. The average Bonchev–Trinajstić information content (AvgIpc) is 2.45. The van der Waals surface area contributed by atoms with Gasteiger partial charge in [0, 0.05) is 13.5 Å². The van der Waals surface area contributed by atoms with Gasteiger partial charge in [0.25, 0.3) is 0 Å². The van der Waals surface area contributed by atoms with Crippen molar-refractivity contribution >= 4 is 5.78 Å². The first-order valence-corrected chi connectivity index (χ1v) is 4.14. The lowest BCUT2D eigenvalue weighted by Gasteiger charge is -2.09. The number of rotatable bonds is 2. The Morgan fingerprint density at radius 1 is 1.43 bits per heavy atom. The third-order valence-electron chi connectivity index (χ3n) is 2.02. The molecule has 2 nitrogen and oxygen atoms in total. The van der Waals surface area contributed by atoms with E-state index < -0.39 is 11.9 Å². The fourth-order valence-electron chi connectivity index (χ4n) is 1.26. The first-order chi connectivity index (χ1) is 6.38. The molecule has 0 aliphatic heterocycles. The molecule has 5 heteroatoms. The Bertz CT molecular complexity index is 351. The normalized spacial score (nSPS) is 11.8. The molecule has 0 aliphatic rings. The summed E-state index contributed by atoms with van der Waals surface area (Å²) in [5.41, 5.74) is -0.700. The van der Waals surface area contributed by atoms with Crippen LogP contribution in [0.1, 0.15) is 29.5 Å². The van der Waals surface area contributed by atoms with Crippen LogP contribution in [-0.4, -0.2) is 10.4 Å². The van der Waals surface area contributed by atoms with E-state index in [1.54, 1.807) is 6.92 Å². The van der Waals surface area contributed by atoms with E-state index in [0.29, 0.717) is 0 Å². The summed E-state index contributed by atoms with van der Waals surface area (Å²) in [6, 6.07) is 2.12. The van der Waals surface area contributed by atoms with E-state index in [1.165, 1.54) is 13.1 Å². The van der Waals surface area contributed by atoms with Crippen molar-refractivity contribution in [1.29, 1.82) is 0 Å². The van der Waals surface area contributed by atoms with E-state index in [-0.39, 0.29) is 17.9 Å². The number of halogens is 3. The van der Waals surface area contributed by atoms with Gasteiger partial charge in [0.15, 0.2) is 5.78 Å². The summed E-state index contributed by atoms with van der Waals surface area (Å²) in [5, 5.41) is 0. The monoisotopic (exact) mass is 205 g/mol. The molecule has 1 aromatic heterocycles. The van der Waals surface area contributed by atoms with Crippen molar-refractivity contribution in [2.24, 2.45) is 7.05 Å². The third-order valence-corrected chi connectivity index (χ3v) is 2.02. The molecule has 0 bridgehead atoms. The predicted molar refractivity (Wildman–Crippen MR) is 45.0 cm³/mol. The zero-order chi connectivity index (χ0) is 10.9. The molecule has 0 unspecified atom stereocenters. The van der Waals surface area contributed by atoms with Crippen LogP contribution in [0.15, 0.2) is 12.1 Å². The molecule has 0 atom stereocenters. The molecule has 0 fully saturated rings. The minimum atomic E-state index is -4.40. The molecule has 0 saturated heterocycles. The second-order valence-corrected chi connectivity index (χ2v) is 2.94. The average molecular weight is 205 g/mol. The van der Waals surface area contributed by atoms with Gasteiger partial charge in [-0.05, 0) is 12.1 Å². The van der Waals surface area contributed by atoms with Crippen molar-refractivity contribution in [2.45, 2.75) is 19.5 Å². The number of carbonyl (C=O) groups is 1. The molecule has 0 N–H and O–H groups in total. The number of ketones is 1. The van der Waals surface area contributed by atoms with Crippen molar-refractivity contribution in [3.63, 3.8) is 0 Å². The first kappa shape index (κ1) is 10.8. The van der Waals surface area contributed by atoms with Gasteiger partial charge in [0.05, 0.1) is 5.69 Å². The molecule has 0 aromatic carbocycles. The highest BCUT2D eigenvalue weighted by Crippen LogP contribution is 2.30. The topological polar surface area (TPSA) is 22.0 Å². The molecule has 1 aromatic rings. The second kappa shape index (κ2) is 3.48. The first-order valence-electron chi connectivity index (χ1n) is 4.14. The van der Waals surface area contributed by atoms with Gasteiger partial charge in [0.2, 0.25) is 0 Å². The quantitative estimate of drug-likeness (QED) is 0.680. The van der Waals surface area contributed by atoms with Crippen LogP contribution >= 0.6 is 0 Å². The summed E-state index contributed by atoms with van der Waals surface area (Å²) in [6.07, 6.45) is -4.20. The molecule has 0 spiro atoms. The van der Waals surface area contributed by atoms with E-state index in [1.807, 2.05) is 0 Å². The number of carbonyl (C=O) groups excluding carboxylic acids is 1. The van der Waals surface area contributed by atoms with Gasteiger partial charge in [-0.2, -0.15) is 13.2 Å². The highest BCUT2D eigenvalue weighted by molar-refractivity contribution is 5.94. The zero-order valence-electron chi connectivity index (χ0n) is 7.85. The maximum Gasteiger partial charge on any atom is 0.431 e. The van der Waals surface area contributed by atoms with E-state index in [4.69, 9.17) is 0 Å². The Labute approximate surface area is 79.3 Å². The van der Waals surface area contributed by atoms with E-state index in [2.05, 4.69) is 0 Å². The van der Waals surface area contributed by atoms with Crippen LogP contribution in [0.2, 0.25) is 0 Å². The molecule has 0 aliphatic carbocycles. The Balaban J connectivity index is 3.15. The molecular formula is C9H10F3NO. The van der Waals surface area contributed by atoms with E-state index in [9.17, 15) is 18.0 Å². The van der Waals surface area contributed by atoms with Crippen molar-refractivity contribution < 1.29 is 18.0 Å². The number of aromatic nitrogens is 1. The van der Waals surface area contributed by atoms with Crippen LogP contribution in [0.5, 0.6) is 0 Å². The number of nitrogens with zero attached hydrogens (tertiary/aromatic N) is 1. The predicted octanol–water partition coefficient (Wildman–Crippen LogP) is 2.64. The number of hydrogen-bond acceptors (Lipinski definition) is 1. The molecule has 1 heterocycles. The van der Waals surface area contributed by atoms with Gasteiger partial charge < -0.3 is 4.57 Å².